The van der Waals surface area contributed by atoms with E-state index in [4.69, 9.17) is 21.4 Å². The van der Waals surface area contributed by atoms with Crippen LogP contribution in [0.25, 0.3) is 0 Å². The van der Waals surface area contributed by atoms with Gasteiger partial charge >= 0.3 is 5.97 Å². The van der Waals surface area contributed by atoms with E-state index in [0.717, 1.165) is 0 Å². The SMILES string of the molecule is Cc1nn(C)c(Oc2cncc(Cl)c2)c1C(=O)O. The number of aromatic nitrogens is 3. The molecule has 18 heavy (non-hydrogen) atoms. The molecule has 2 aromatic rings. The molecule has 2 heterocycles. The van der Waals surface area contributed by atoms with Gasteiger partial charge in [0.2, 0.25) is 5.88 Å². The Hall–Kier alpha value is -2.08. The van der Waals surface area contributed by atoms with Crippen molar-refractivity contribution in [2.24, 2.45) is 7.05 Å². The molecule has 0 saturated heterocycles. The van der Waals surface area contributed by atoms with E-state index in [2.05, 4.69) is 10.1 Å². The molecule has 0 fully saturated rings. The maximum absolute atomic E-state index is 11.1. The van der Waals surface area contributed by atoms with Crippen molar-refractivity contribution in [1.29, 1.82) is 0 Å². The predicted molar refractivity (Wildman–Crippen MR) is 64.2 cm³/mol. The molecule has 0 aliphatic carbocycles. The van der Waals surface area contributed by atoms with Gasteiger partial charge < -0.3 is 9.84 Å². The molecule has 2 rings (SSSR count). The van der Waals surface area contributed by atoms with Crippen LogP contribution in [-0.4, -0.2) is 25.8 Å². The predicted octanol–water partition coefficient (Wildman–Crippen LogP) is 2.27. The maximum Gasteiger partial charge on any atom is 0.343 e. The number of carboxylic acid groups (broad SMARTS) is 1. The van der Waals surface area contributed by atoms with Crippen LogP contribution in [-0.2, 0) is 7.05 Å². The van der Waals surface area contributed by atoms with Gasteiger partial charge in [-0.3, -0.25) is 4.98 Å². The van der Waals surface area contributed by atoms with Gasteiger partial charge in [-0.1, -0.05) is 11.6 Å². The van der Waals surface area contributed by atoms with Crippen molar-refractivity contribution >= 4 is 17.6 Å². The van der Waals surface area contributed by atoms with Crippen molar-refractivity contribution in [1.82, 2.24) is 14.8 Å². The van der Waals surface area contributed by atoms with Gasteiger partial charge in [-0.2, -0.15) is 5.10 Å². The van der Waals surface area contributed by atoms with Crippen LogP contribution in [0.5, 0.6) is 11.6 Å². The smallest absolute Gasteiger partial charge is 0.343 e. The summed E-state index contributed by atoms with van der Waals surface area (Å²) in [7, 11) is 1.60. The summed E-state index contributed by atoms with van der Waals surface area (Å²) in [6, 6.07) is 1.54. The second-order valence-corrected chi connectivity index (χ2v) is 4.07. The Morgan fingerprint density at radius 3 is 2.83 bits per heavy atom. The number of pyridine rings is 1. The molecule has 94 valence electrons. The van der Waals surface area contributed by atoms with Gasteiger partial charge in [0, 0.05) is 19.3 Å². The fourth-order valence-corrected chi connectivity index (χ4v) is 1.72. The molecule has 0 radical (unpaired) electrons. The van der Waals surface area contributed by atoms with Crippen molar-refractivity contribution in [3.63, 3.8) is 0 Å². The highest BCUT2D eigenvalue weighted by molar-refractivity contribution is 6.30. The van der Waals surface area contributed by atoms with Crippen LogP contribution in [0.1, 0.15) is 16.1 Å². The molecule has 7 heteroatoms. The average molecular weight is 268 g/mol. The largest absolute Gasteiger partial charge is 0.477 e. The lowest BCUT2D eigenvalue weighted by Crippen LogP contribution is -2.02. The van der Waals surface area contributed by atoms with Crippen LogP contribution in [0.4, 0.5) is 0 Å². The molecule has 0 bridgehead atoms. The van der Waals surface area contributed by atoms with Gasteiger partial charge in [0.05, 0.1) is 16.9 Å². The summed E-state index contributed by atoms with van der Waals surface area (Å²) < 4.78 is 6.84. The summed E-state index contributed by atoms with van der Waals surface area (Å²) in [6.45, 7) is 1.60. The van der Waals surface area contributed by atoms with Gasteiger partial charge in [0.15, 0.2) is 0 Å². The van der Waals surface area contributed by atoms with E-state index in [-0.39, 0.29) is 11.4 Å². The van der Waals surface area contributed by atoms with Crippen molar-refractivity contribution in [3.8, 4) is 11.6 Å². The molecule has 0 aliphatic rings. The Bertz CT molecular complexity index is 610. The molecule has 0 spiro atoms. The summed E-state index contributed by atoms with van der Waals surface area (Å²) in [5.41, 5.74) is 0.410. The third-order valence-corrected chi connectivity index (χ3v) is 2.48. The third kappa shape index (κ3) is 2.28. The molecule has 0 unspecified atom stereocenters. The van der Waals surface area contributed by atoms with E-state index in [9.17, 15) is 4.79 Å². The summed E-state index contributed by atoms with van der Waals surface area (Å²) in [5, 5.41) is 13.5. The molecular formula is C11H10ClN3O3. The Kier molecular flexibility index (Phi) is 3.20. The van der Waals surface area contributed by atoms with Gasteiger partial charge in [-0.25, -0.2) is 9.48 Å². The van der Waals surface area contributed by atoms with Crippen molar-refractivity contribution < 1.29 is 14.6 Å². The number of carbonyl (C=O) groups is 1. The highest BCUT2D eigenvalue weighted by Crippen LogP contribution is 2.27. The topological polar surface area (TPSA) is 77.2 Å². The van der Waals surface area contributed by atoms with Crippen LogP contribution in [0, 0.1) is 6.92 Å². The fourth-order valence-electron chi connectivity index (χ4n) is 1.56. The number of carboxylic acids is 1. The summed E-state index contributed by atoms with van der Waals surface area (Å²) in [6.07, 6.45) is 2.90. The zero-order valence-corrected chi connectivity index (χ0v) is 10.5. The summed E-state index contributed by atoms with van der Waals surface area (Å²) >= 11 is 5.78. The third-order valence-electron chi connectivity index (χ3n) is 2.28. The second-order valence-electron chi connectivity index (χ2n) is 3.64. The number of aromatic carboxylic acids is 1. The highest BCUT2D eigenvalue weighted by Gasteiger charge is 2.21. The van der Waals surface area contributed by atoms with Crippen LogP contribution in [0.2, 0.25) is 5.02 Å². The van der Waals surface area contributed by atoms with Crippen LogP contribution in [0.15, 0.2) is 18.5 Å². The zero-order chi connectivity index (χ0) is 13.3. The number of hydrogen-bond acceptors (Lipinski definition) is 4. The first kappa shape index (κ1) is 12.4. The van der Waals surface area contributed by atoms with Crippen LogP contribution < -0.4 is 4.74 Å². The molecule has 0 saturated carbocycles. The van der Waals surface area contributed by atoms with Crippen molar-refractivity contribution in [2.45, 2.75) is 6.92 Å². The number of hydrogen-bond donors (Lipinski definition) is 1. The average Bonchev–Trinajstić information content (AvgIpc) is 2.53. The molecule has 0 amide bonds. The van der Waals surface area contributed by atoms with Gasteiger partial charge in [-0.15, -0.1) is 0 Å². The lowest BCUT2D eigenvalue weighted by atomic mass is 10.2. The number of aryl methyl sites for hydroxylation is 2. The van der Waals surface area contributed by atoms with E-state index >= 15 is 0 Å². The zero-order valence-electron chi connectivity index (χ0n) is 9.72. The molecule has 2 aromatic heterocycles. The van der Waals surface area contributed by atoms with E-state index in [1.54, 1.807) is 20.0 Å². The minimum absolute atomic E-state index is 0.0254. The van der Waals surface area contributed by atoms with Crippen LogP contribution in [0.3, 0.4) is 0 Å². The quantitative estimate of drug-likeness (QED) is 0.923. The van der Waals surface area contributed by atoms with E-state index in [1.807, 2.05) is 0 Å². The Morgan fingerprint density at radius 2 is 2.22 bits per heavy atom. The number of ether oxygens (including phenoxy) is 1. The Morgan fingerprint density at radius 1 is 1.50 bits per heavy atom. The number of halogens is 1. The Balaban J connectivity index is 2.43. The summed E-state index contributed by atoms with van der Waals surface area (Å²) in [5.74, 6) is -0.595. The molecule has 0 aromatic carbocycles. The monoisotopic (exact) mass is 267 g/mol. The minimum Gasteiger partial charge on any atom is -0.477 e. The first-order valence-electron chi connectivity index (χ1n) is 5.04. The van der Waals surface area contributed by atoms with Gasteiger partial charge in [0.25, 0.3) is 0 Å². The maximum atomic E-state index is 11.1. The lowest BCUT2D eigenvalue weighted by Gasteiger charge is -2.06. The number of nitrogens with zero attached hydrogens (tertiary/aromatic N) is 3. The number of rotatable bonds is 3. The normalized spacial score (nSPS) is 10.4. The van der Waals surface area contributed by atoms with Crippen molar-refractivity contribution in [2.75, 3.05) is 0 Å². The van der Waals surface area contributed by atoms with E-state index < -0.39 is 5.97 Å². The van der Waals surface area contributed by atoms with E-state index in [0.29, 0.717) is 16.5 Å². The molecule has 1 N–H and O–H groups in total. The molecule has 0 aliphatic heterocycles. The standard InChI is InChI=1S/C11H10ClN3O3/c1-6-9(11(16)17)10(15(2)14-6)18-8-3-7(12)4-13-5-8/h3-5H,1-2H3,(H,16,17). The molecule has 0 atom stereocenters. The minimum atomic E-state index is -1.09. The van der Waals surface area contributed by atoms with Crippen molar-refractivity contribution in [3.05, 3.63) is 34.7 Å². The van der Waals surface area contributed by atoms with Crippen LogP contribution >= 0.6 is 11.6 Å². The summed E-state index contributed by atoms with van der Waals surface area (Å²) in [4.78, 5) is 15.0. The second kappa shape index (κ2) is 4.66. The first-order valence-corrected chi connectivity index (χ1v) is 5.42. The first-order chi connectivity index (χ1) is 8.49. The fraction of sp³-hybridized carbons (Fsp3) is 0.182. The molecular weight excluding hydrogens is 258 g/mol. The highest BCUT2D eigenvalue weighted by atomic mass is 35.5. The van der Waals surface area contributed by atoms with Gasteiger partial charge in [0.1, 0.15) is 11.3 Å². The lowest BCUT2D eigenvalue weighted by molar-refractivity contribution is 0.0693. The Labute approximate surface area is 108 Å². The molecule has 6 nitrogen and oxygen atoms in total. The van der Waals surface area contributed by atoms with Gasteiger partial charge in [-0.05, 0) is 6.92 Å². The van der Waals surface area contributed by atoms with E-state index in [1.165, 1.54) is 17.1 Å².